The van der Waals surface area contributed by atoms with E-state index in [1.165, 1.54) is 12.1 Å². The fourth-order valence-corrected chi connectivity index (χ4v) is 1.17. The quantitative estimate of drug-likeness (QED) is 0.574. The number of hydrogen-bond acceptors (Lipinski definition) is 5. The van der Waals surface area contributed by atoms with Crippen molar-refractivity contribution in [3.05, 3.63) is 59.7 Å². The third kappa shape index (κ3) is 7.97. The second kappa shape index (κ2) is 13.0. The van der Waals surface area contributed by atoms with E-state index in [9.17, 15) is 9.59 Å². The van der Waals surface area contributed by atoms with Gasteiger partial charge in [-0.3, -0.25) is 9.59 Å². The Kier molecular flexibility index (Phi) is 13.1. The smallest absolute Gasteiger partial charge is 0.153 e. The van der Waals surface area contributed by atoms with E-state index in [1.807, 2.05) is 0 Å². The number of carbonyl (C=O) groups is 2. The first kappa shape index (κ1) is 21.3. The van der Waals surface area contributed by atoms with E-state index in [1.54, 1.807) is 36.4 Å². The van der Waals surface area contributed by atoms with Crippen LogP contribution < -0.4 is 0 Å². The molecule has 0 unspecified atom stereocenters. The first-order chi connectivity index (χ1) is 9.69. The number of aliphatic hydroxyl groups excluding tert-OH is 1. The molecule has 108 valence electrons. The standard InChI is InChI=1S/2C7H6O2.CH4O.Zn/c2*8-5-6-3-1-2-4-7(6)9;1-2;/h2*1-5,9H;2H,1H3;. The van der Waals surface area contributed by atoms with Crippen LogP contribution >= 0.6 is 0 Å². The Bertz CT molecular complexity index is 494. The zero-order chi connectivity index (χ0) is 15.4. The Labute approximate surface area is 135 Å². The van der Waals surface area contributed by atoms with Gasteiger partial charge < -0.3 is 15.3 Å². The molecule has 2 rings (SSSR count). The maximum Gasteiger partial charge on any atom is 0.153 e. The number of aldehydes is 2. The molecule has 0 saturated heterocycles. The first-order valence-electron chi connectivity index (χ1n) is 5.60. The molecule has 2 aromatic carbocycles. The Morgan fingerprint density at radius 2 is 1.00 bits per heavy atom. The second-order valence-electron chi connectivity index (χ2n) is 3.35. The van der Waals surface area contributed by atoms with Crippen molar-refractivity contribution in [3.63, 3.8) is 0 Å². The predicted molar refractivity (Wildman–Crippen MR) is 75.1 cm³/mol. The van der Waals surface area contributed by atoms with Gasteiger partial charge in [0.1, 0.15) is 11.5 Å². The fourth-order valence-electron chi connectivity index (χ4n) is 1.17. The van der Waals surface area contributed by atoms with Gasteiger partial charge in [0.25, 0.3) is 0 Å². The minimum Gasteiger partial charge on any atom is -0.507 e. The number of carbonyl (C=O) groups excluding carboxylic acids is 2. The monoisotopic (exact) mass is 340 g/mol. The van der Waals surface area contributed by atoms with Crippen LogP contribution in [0.2, 0.25) is 0 Å². The Morgan fingerprint density at radius 1 is 0.714 bits per heavy atom. The molecule has 0 atom stereocenters. The first-order valence-corrected chi connectivity index (χ1v) is 5.60. The molecule has 0 radical (unpaired) electrons. The van der Waals surface area contributed by atoms with Gasteiger partial charge in [0, 0.05) is 26.6 Å². The van der Waals surface area contributed by atoms with E-state index in [2.05, 4.69) is 0 Å². The Morgan fingerprint density at radius 3 is 1.19 bits per heavy atom. The number of aromatic hydroxyl groups is 2. The molecule has 0 heterocycles. The van der Waals surface area contributed by atoms with Gasteiger partial charge in [-0.25, -0.2) is 0 Å². The molecule has 2 aromatic rings. The van der Waals surface area contributed by atoms with Gasteiger partial charge in [-0.05, 0) is 24.3 Å². The van der Waals surface area contributed by atoms with Crippen molar-refractivity contribution < 1.29 is 44.4 Å². The normalized spacial score (nSPS) is 7.90. The third-order valence-corrected chi connectivity index (χ3v) is 2.13. The molecule has 0 bridgehead atoms. The molecule has 0 fully saturated rings. The molecule has 0 aromatic heterocycles. The summed E-state index contributed by atoms with van der Waals surface area (Å²) in [5, 5.41) is 24.8. The molecule has 3 N–H and O–H groups in total. The van der Waals surface area contributed by atoms with Crippen LogP contribution in [0.1, 0.15) is 20.7 Å². The summed E-state index contributed by atoms with van der Waals surface area (Å²) >= 11 is 0. The molecule has 0 saturated carbocycles. The molecule has 0 aliphatic carbocycles. The number of phenols is 2. The average molecular weight is 342 g/mol. The summed E-state index contributed by atoms with van der Waals surface area (Å²) < 4.78 is 0. The molecular weight excluding hydrogens is 326 g/mol. The SMILES string of the molecule is CO.O=Cc1ccccc1O.O=Cc1ccccc1O.[Zn]. The van der Waals surface area contributed by atoms with E-state index >= 15 is 0 Å². The average Bonchev–Trinajstić information content (AvgIpc) is 2.51. The summed E-state index contributed by atoms with van der Waals surface area (Å²) in [7, 11) is 1.00. The van der Waals surface area contributed by atoms with Gasteiger partial charge in [0.2, 0.25) is 0 Å². The Hall–Kier alpha value is -2.04. The molecule has 5 nitrogen and oxygen atoms in total. The third-order valence-electron chi connectivity index (χ3n) is 2.13. The maximum atomic E-state index is 10.1. The number of phenolic OH excluding ortho intramolecular Hbond substituents is 2. The van der Waals surface area contributed by atoms with Crippen LogP contribution in [0.25, 0.3) is 0 Å². The topological polar surface area (TPSA) is 94.8 Å². The van der Waals surface area contributed by atoms with Crippen molar-refractivity contribution in [1.29, 1.82) is 0 Å². The molecular formula is C15H16O5Zn. The van der Waals surface area contributed by atoms with E-state index in [0.717, 1.165) is 7.11 Å². The summed E-state index contributed by atoms with van der Waals surface area (Å²) in [6.07, 6.45) is 1.24. The van der Waals surface area contributed by atoms with Gasteiger partial charge in [-0.15, -0.1) is 0 Å². The zero-order valence-electron chi connectivity index (χ0n) is 11.6. The number of hydrogen-bond donors (Lipinski definition) is 3. The molecule has 0 aliphatic heterocycles. The van der Waals surface area contributed by atoms with Crippen LogP contribution in [0, 0.1) is 0 Å². The minimum atomic E-state index is 0. The van der Waals surface area contributed by atoms with Gasteiger partial charge >= 0.3 is 0 Å². The van der Waals surface area contributed by atoms with Crippen LogP contribution in [0.15, 0.2) is 48.5 Å². The summed E-state index contributed by atoms with van der Waals surface area (Å²) in [5.41, 5.74) is 0.662. The molecule has 6 heteroatoms. The summed E-state index contributed by atoms with van der Waals surface area (Å²) in [6.45, 7) is 0. The van der Waals surface area contributed by atoms with E-state index in [0.29, 0.717) is 23.7 Å². The van der Waals surface area contributed by atoms with Gasteiger partial charge in [0.15, 0.2) is 12.6 Å². The summed E-state index contributed by atoms with van der Waals surface area (Å²) in [6, 6.07) is 12.8. The Balaban J connectivity index is 0. The van der Waals surface area contributed by atoms with Crippen LogP contribution in [0.5, 0.6) is 11.5 Å². The second-order valence-corrected chi connectivity index (χ2v) is 3.35. The molecule has 0 aliphatic rings. The predicted octanol–water partition coefficient (Wildman–Crippen LogP) is 2.02. The van der Waals surface area contributed by atoms with Crippen molar-refractivity contribution in [3.8, 4) is 11.5 Å². The fraction of sp³-hybridized carbons (Fsp3) is 0.0667. The van der Waals surface area contributed by atoms with Gasteiger partial charge in [0.05, 0.1) is 11.1 Å². The number of aliphatic hydroxyl groups is 1. The molecule has 0 spiro atoms. The van der Waals surface area contributed by atoms with Crippen molar-refractivity contribution in [2.75, 3.05) is 7.11 Å². The zero-order valence-corrected chi connectivity index (χ0v) is 14.6. The largest absolute Gasteiger partial charge is 0.507 e. The molecule has 0 amide bonds. The number of benzene rings is 2. The van der Waals surface area contributed by atoms with Crippen LogP contribution in [0.4, 0.5) is 0 Å². The van der Waals surface area contributed by atoms with E-state index in [4.69, 9.17) is 15.3 Å². The number of para-hydroxylation sites is 2. The minimum absolute atomic E-state index is 0. The maximum absolute atomic E-state index is 10.1. The molecule has 21 heavy (non-hydrogen) atoms. The van der Waals surface area contributed by atoms with Crippen molar-refractivity contribution >= 4 is 12.6 Å². The van der Waals surface area contributed by atoms with E-state index in [-0.39, 0.29) is 31.0 Å². The van der Waals surface area contributed by atoms with Crippen molar-refractivity contribution in [2.45, 2.75) is 0 Å². The van der Waals surface area contributed by atoms with Gasteiger partial charge in [-0.1, -0.05) is 24.3 Å². The van der Waals surface area contributed by atoms with Crippen LogP contribution in [0.3, 0.4) is 0 Å². The van der Waals surface area contributed by atoms with Gasteiger partial charge in [-0.2, -0.15) is 0 Å². The van der Waals surface area contributed by atoms with Crippen LogP contribution in [-0.4, -0.2) is 35.0 Å². The summed E-state index contributed by atoms with van der Waals surface area (Å²) in [4.78, 5) is 20.1. The van der Waals surface area contributed by atoms with Crippen molar-refractivity contribution in [2.24, 2.45) is 0 Å². The van der Waals surface area contributed by atoms with Crippen LogP contribution in [-0.2, 0) is 19.5 Å². The number of rotatable bonds is 2. The van der Waals surface area contributed by atoms with E-state index < -0.39 is 0 Å². The van der Waals surface area contributed by atoms with Crippen molar-refractivity contribution in [1.82, 2.24) is 0 Å². The summed E-state index contributed by atoms with van der Waals surface area (Å²) in [5.74, 6) is 0.0694.